The molecule has 0 amide bonds. The van der Waals surface area contributed by atoms with Crippen LogP contribution in [0.25, 0.3) is 0 Å². The molecule has 0 saturated carbocycles. The van der Waals surface area contributed by atoms with Gasteiger partial charge in [-0.05, 0) is 12.8 Å². The minimum atomic E-state index is -3.03. The summed E-state index contributed by atoms with van der Waals surface area (Å²) in [5.41, 5.74) is 0. The third-order valence-corrected chi connectivity index (χ3v) is 7.20. The van der Waals surface area contributed by atoms with Crippen LogP contribution in [0.5, 0.6) is 0 Å². The van der Waals surface area contributed by atoms with Gasteiger partial charge >= 0.3 is 6.30 Å². The second kappa shape index (κ2) is 21.3. The fourth-order valence-corrected chi connectivity index (χ4v) is 4.85. The zero-order valence-corrected chi connectivity index (χ0v) is 20.7. The molecule has 0 bridgehead atoms. The molecule has 27 heavy (non-hydrogen) atoms. The van der Waals surface area contributed by atoms with E-state index in [1.54, 1.807) is 0 Å². The summed E-state index contributed by atoms with van der Waals surface area (Å²) in [6.45, 7) is 5.55. The lowest BCUT2D eigenvalue weighted by Crippen LogP contribution is -1.96. The van der Waals surface area contributed by atoms with Crippen LogP contribution in [-0.2, 0) is 13.6 Å². The maximum Gasteiger partial charge on any atom is 0.396 e. The van der Waals surface area contributed by atoms with Gasteiger partial charge in [-0.3, -0.25) is 0 Å². The fourth-order valence-electron chi connectivity index (χ4n) is 3.21. The molecule has 0 N–H and O–H groups in total. The lowest BCUT2D eigenvalue weighted by Gasteiger charge is -2.12. The maximum absolute atomic E-state index is 12.2. The maximum atomic E-state index is 12.2. The lowest BCUT2D eigenvalue weighted by atomic mass is 10.1. The van der Waals surface area contributed by atoms with Crippen LogP contribution in [0.3, 0.4) is 0 Å². The van der Waals surface area contributed by atoms with Crippen LogP contribution >= 0.6 is 21.8 Å². The second-order valence-electron chi connectivity index (χ2n) is 7.75. The van der Waals surface area contributed by atoms with Crippen molar-refractivity contribution < 1.29 is 13.6 Å². The molecule has 0 aliphatic heterocycles. The van der Waals surface area contributed by atoms with Gasteiger partial charge in [0.1, 0.15) is 0 Å². The highest BCUT2D eigenvalue weighted by molar-refractivity contribution is 9.39. The van der Waals surface area contributed by atoms with Crippen LogP contribution in [0.15, 0.2) is 0 Å². The molecule has 5 heteroatoms. The summed E-state index contributed by atoms with van der Waals surface area (Å²) < 4.78 is 23.0. The van der Waals surface area contributed by atoms with E-state index < -0.39 is 6.30 Å². The van der Waals surface area contributed by atoms with E-state index >= 15 is 0 Å². The predicted molar refractivity (Wildman–Crippen MR) is 123 cm³/mol. The number of hydrogen-bond acceptors (Lipinski definition) is 3. The Morgan fingerprint density at radius 3 is 1.07 bits per heavy atom. The summed E-state index contributed by atoms with van der Waals surface area (Å²) in [6, 6.07) is 0. The molecule has 3 nitrogen and oxygen atoms in total. The molecule has 0 aromatic carbocycles. The smallest absolute Gasteiger partial charge is 0.301 e. The Morgan fingerprint density at radius 2 is 0.778 bits per heavy atom. The van der Waals surface area contributed by atoms with Crippen molar-refractivity contribution in [2.75, 3.05) is 13.2 Å². The molecule has 0 aromatic rings. The van der Waals surface area contributed by atoms with Crippen molar-refractivity contribution in [2.24, 2.45) is 0 Å². The average Bonchev–Trinajstić information content (AvgIpc) is 2.64. The fraction of sp³-hybridized carbons (Fsp3) is 1.00. The number of halogens is 1. The third kappa shape index (κ3) is 22.8. The number of unbranched alkanes of at least 4 members (excludes halogenated alkanes) is 16. The Morgan fingerprint density at radius 1 is 0.519 bits per heavy atom. The highest BCUT2D eigenvalue weighted by Gasteiger charge is 2.18. The SMILES string of the molecule is CCCCCCCCCCCOP(=O)(Br)OCCCCCCCCCCC. The van der Waals surface area contributed by atoms with Crippen LogP contribution in [0.1, 0.15) is 129 Å². The summed E-state index contributed by atoms with van der Waals surface area (Å²) in [7, 11) is 0. The number of hydrogen-bond donors (Lipinski definition) is 0. The predicted octanol–water partition coefficient (Wildman–Crippen LogP) is 9.58. The summed E-state index contributed by atoms with van der Waals surface area (Å²) in [6.07, 6.45) is 19.9. The van der Waals surface area contributed by atoms with Gasteiger partial charge in [0, 0.05) is 15.5 Å². The van der Waals surface area contributed by atoms with Gasteiger partial charge in [-0.15, -0.1) is 0 Å². The summed E-state index contributed by atoms with van der Waals surface area (Å²) in [5.74, 6) is 0. The molecule has 0 rings (SSSR count). The van der Waals surface area contributed by atoms with E-state index in [1.165, 1.54) is 89.9 Å². The molecule has 0 atom stereocenters. The largest absolute Gasteiger partial charge is 0.396 e. The van der Waals surface area contributed by atoms with E-state index in [1.807, 2.05) is 0 Å². The van der Waals surface area contributed by atoms with Crippen LogP contribution in [0.2, 0.25) is 0 Å². The van der Waals surface area contributed by atoms with E-state index in [9.17, 15) is 4.57 Å². The van der Waals surface area contributed by atoms with E-state index in [2.05, 4.69) is 29.3 Å². The lowest BCUT2D eigenvalue weighted by molar-refractivity contribution is 0.213. The van der Waals surface area contributed by atoms with Crippen molar-refractivity contribution in [2.45, 2.75) is 129 Å². The van der Waals surface area contributed by atoms with E-state index in [-0.39, 0.29) is 0 Å². The standard InChI is InChI=1S/C22H46BrO3P/c1-3-5-7-9-11-13-15-17-19-21-25-27(23,24)26-22-20-18-16-14-12-10-8-6-4-2/h3-22H2,1-2H3. The Kier molecular flexibility index (Phi) is 21.8. The summed E-state index contributed by atoms with van der Waals surface area (Å²) in [4.78, 5) is 0. The van der Waals surface area contributed by atoms with Gasteiger partial charge in [0.05, 0.1) is 13.2 Å². The van der Waals surface area contributed by atoms with Gasteiger partial charge in [0.2, 0.25) is 0 Å². The molecular formula is C22H46BrO3P. The first kappa shape index (κ1) is 27.6. The second-order valence-corrected chi connectivity index (χ2v) is 11.7. The van der Waals surface area contributed by atoms with Crippen molar-refractivity contribution in [3.63, 3.8) is 0 Å². The normalized spacial score (nSPS) is 12.0. The minimum absolute atomic E-state index is 0.524. The van der Waals surface area contributed by atoms with Gasteiger partial charge < -0.3 is 9.05 Å². The van der Waals surface area contributed by atoms with E-state index in [0.717, 1.165) is 25.7 Å². The quantitative estimate of drug-likeness (QED) is 0.117. The van der Waals surface area contributed by atoms with Gasteiger partial charge in [0.25, 0.3) is 0 Å². The Balaban J connectivity index is 3.32. The van der Waals surface area contributed by atoms with Crippen molar-refractivity contribution in [3.05, 3.63) is 0 Å². The Labute approximate surface area is 178 Å². The molecule has 164 valence electrons. The minimum Gasteiger partial charge on any atom is -0.301 e. The molecule has 0 unspecified atom stereocenters. The van der Waals surface area contributed by atoms with Gasteiger partial charge in [-0.2, -0.15) is 0 Å². The van der Waals surface area contributed by atoms with Crippen molar-refractivity contribution >= 4 is 21.8 Å². The summed E-state index contributed by atoms with van der Waals surface area (Å²) >= 11 is 3.13. The molecule has 0 spiro atoms. The number of rotatable bonds is 22. The van der Waals surface area contributed by atoms with Crippen LogP contribution in [-0.4, -0.2) is 13.2 Å². The molecule has 0 aliphatic rings. The van der Waals surface area contributed by atoms with Gasteiger partial charge in [-0.1, -0.05) is 117 Å². The average molecular weight is 469 g/mol. The Bertz CT molecular complexity index is 312. The molecule has 0 fully saturated rings. The third-order valence-electron chi connectivity index (χ3n) is 4.99. The van der Waals surface area contributed by atoms with E-state index in [0.29, 0.717) is 13.2 Å². The highest BCUT2D eigenvalue weighted by Crippen LogP contribution is 2.56. The first-order chi connectivity index (χ1) is 13.1. The molecule has 0 aromatic heterocycles. The van der Waals surface area contributed by atoms with Crippen LogP contribution in [0.4, 0.5) is 0 Å². The van der Waals surface area contributed by atoms with Crippen LogP contribution in [0, 0.1) is 0 Å². The zero-order chi connectivity index (χ0) is 20.1. The first-order valence-electron chi connectivity index (χ1n) is 11.7. The van der Waals surface area contributed by atoms with Crippen molar-refractivity contribution in [1.29, 1.82) is 0 Å². The van der Waals surface area contributed by atoms with Gasteiger partial charge in [-0.25, -0.2) is 4.57 Å². The summed E-state index contributed by atoms with van der Waals surface area (Å²) in [5, 5.41) is 0. The molecule has 0 aliphatic carbocycles. The zero-order valence-electron chi connectivity index (χ0n) is 18.2. The molecule has 0 radical (unpaired) electrons. The molecule has 0 saturated heterocycles. The van der Waals surface area contributed by atoms with Crippen molar-refractivity contribution in [3.8, 4) is 0 Å². The highest BCUT2D eigenvalue weighted by atomic mass is 79.9. The van der Waals surface area contributed by atoms with Crippen LogP contribution < -0.4 is 0 Å². The molecule has 0 heterocycles. The first-order valence-corrected chi connectivity index (χ1v) is 15.3. The molecular weight excluding hydrogens is 423 g/mol. The van der Waals surface area contributed by atoms with Crippen molar-refractivity contribution in [1.82, 2.24) is 0 Å². The topological polar surface area (TPSA) is 35.5 Å². The Hall–Kier alpha value is 0.630. The monoisotopic (exact) mass is 468 g/mol. The van der Waals surface area contributed by atoms with Gasteiger partial charge in [0.15, 0.2) is 0 Å². The van der Waals surface area contributed by atoms with E-state index in [4.69, 9.17) is 9.05 Å².